The van der Waals surface area contributed by atoms with E-state index in [4.69, 9.17) is 32.7 Å². The molecule has 0 atom stereocenters. The van der Waals surface area contributed by atoms with Crippen LogP contribution in [0.1, 0.15) is 23.6 Å². The lowest BCUT2D eigenvalue weighted by atomic mass is 10.1. The van der Waals surface area contributed by atoms with Crippen molar-refractivity contribution < 1.29 is 14.3 Å². The topological polar surface area (TPSA) is 59.9 Å². The molecular weight excluding hydrogens is 435 g/mol. The van der Waals surface area contributed by atoms with E-state index in [1.807, 2.05) is 61.5 Å². The molecule has 0 saturated heterocycles. The van der Waals surface area contributed by atoms with Gasteiger partial charge in [0.05, 0.1) is 19.2 Å². The largest absolute Gasteiger partial charge is 0.490 e. The van der Waals surface area contributed by atoms with Crippen molar-refractivity contribution >= 4 is 35.3 Å². The van der Waals surface area contributed by atoms with Crippen LogP contribution >= 0.6 is 23.2 Å². The Morgan fingerprint density at radius 2 is 1.55 bits per heavy atom. The fourth-order valence-corrected chi connectivity index (χ4v) is 2.99. The van der Waals surface area contributed by atoms with Crippen LogP contribution in [-0.2, 0) is 17.8 Å². The van der Waals surface area contributed by atoms with E-state index < -0.39 is 0 Å². The monoisotopic (exact) mass is 456 g/mol. The van der Waals surface area contributed by atoms with E-state index in [1.165, 1.54) is 0 Å². The average Bonchev–Trinajstić information content (AvgIpc) is 2.76. The van der Waals surface area contributed by atoms with Crippen LogP contribution in [0.25, 0.3) is 0 Å². The van der Waals surface area contributed by atoms with Crippen molar-refractivity contribution in [2.45, 2.75) is 20.0 Å². The van der Waals surface area contributed by atoms with Crippen LogP contribution in [0.5, 0.6) is 11.5 Å². The second-order valence-electron chi connectivity index (χ2n) is 6.65. The van der Waals surface area contributed by atoms with Gasteiger partial charge in [0.2, 0.25) is 5.91 Å². The van der Waals surface area contributed by atoms with E-state index in [0.29, 0.717) is 34.8 Å². The van der Waals surface area contributed by atoms with Crippen molar-refractivity contribution in [3.8, 4) is 11.5 Å². The number of hydrogen-bond acceptors (Lipinski definition) is 4. The quantitative estimate of drug-likeness (QED) is 0.333. The average molecular weight is 457 g/mol. The third-order valence-corrected chi connectivity index (χ3v) is 4.76. The molecule has 0 aliphatic rings. The predicted octanol–water partition coefficient (Wildman–Crippen LogP) is 5.66. The summed E-state index contributed by atoms with van der Waals surface area (Å²) in [7, 11) is 0. The van der Waals surface area contributed by atoms with E-state index in [-0.39, 0.29) is 12.3 Å². The van der Waals surface area contributed by atoms with Gasteiger partial charge in [-0.3, -0.25) is 4.79 Å². The number of amides is 1. The zero-order chi connectivity index (χ0) is 22.1. The highest BCUT2D eigenvalue weighted by Crippen LogP contribution is 2.29. The summed E-state index contributed by atoms with van der Waals surface area (Å²) in [4.78, 5) is 12.0. The Labute approximate surface area is 191 Å². The minimum absolute atomic E-state index is 0.216. The van der Waals surface area contributed by atoms with E-state index in [1.54, 1.807) is 18.3 Å². The summed E-state index contributed by atoms with van der Waals surface area (Å²) in [6.07, 6.45) is 1.78. The second-order valence-corrected chi connectivity index (χ2v) is 7.52. The Bertz CT molecular complexity index is 1040. The molecule has 3 aromatic carbocycles. The van der Waals surface area contributed by atoms with E-state index in [2.05, 4.69) is 10.5 Å². The third-order valence-electron chi connectivity index (χ3n) is 4.26. The smallest absolute Gasteiger partial charge is 0.244 e. The molecule has 160 valence electrons. The number of hydrogen-bond donors (Lipinski definition) is 1. The molecule has 1 N–H and O–H groups in total. The van der Waals surface area contributed by atoms with Crippen LogP contribution in [0.15, 0.2) is 71.8 Å². The first-order valence-corrected chi connectivity index (χ1v) is 10.5. The Morgan fingerprint density at radius 3 is 2.19 bits per heavy atom. The normalized spacial score (nSPS) is 10.8. The molecule has 1 amide bonds. The van der Waals surface area contributed by atoms with Crippen molar-refractivity contribution in [3.05, 3.63) is 93.5 Å². The Morgan fingerprint density at radius 1 is 0.903 bits per heavy atom. The molecular formula is C24H22Cl2N2O3. The summed E-state index contributed by atoms with van der Waals surface area (Å²) in [5.41, 5.74) is 5.16. The molecule has 7 heteroatoms. The zero-order valence-corrected chi connectivity index (χ0v) is 18.5. The zero-order valence-electron chi connectivity index (χ0n) is 17.0. The first-order valence-electron chi connectivity index (χ1n) is 9.74. The predicted molar refractivity (Wildman–Crippen MR) is 124 cm³/mol. The summed E-state index contributed by atoms with van der Waals surface area (Å²) in [6.45, 7) is 2.79. The summed E-state index contributed by atoms with van der Waals surface area (Å²) in [6, 6.07) is 20.1. The van der Waals surface area contributed by atoms with Crippen LogP contribution in [0.2, 0.25) is 10.0 Å². The highest BCUT2D eigenvalue weighted by molar-refractivity contribution is 6.30. The lowest BCUT2D eigenvalue weighted by Gasteiger charge is -2.12. The van der Waals surface area contributed by atoms with E-state index in [9.17, 15) is 4.79 Å². The standard InChI is InChI=1S/C24H22Cl2N2O3/c1-2-30-23-13-19(7-12-22(23)31-16-18-5-10-21(26)11-6-18)15-27-28-24(29)14-17-3-8-20(25)9-4-17/h3-13,15H,2,14,16H2,1H3,(H,28,29)/b27-15-. The molecule has 3 aromatic rings. The number of halogens is 2. The SMILES string of the molecule is CCOc1cc(/C=N\NC(=O)Cc2ccc(Cl)cc2)ccc1OCc1ccc(Cl)cc1. The molecule has 5 nitrogen and oxygen atoms in total. The van der Waals surface area contributed by atoms with Gasteiger partial charge in [0, 0.05) is 10.0 Å². The van der Waals surface area contributed by atoms with Crippen molar-refractivity contribution in [2.24, 2.45) is 5.10 Å². The Hall–Kier alpha value is -3.02. The lowest BCUT2D eigenvalue weighted by molar-refractivity contribution is -0.120. The highest BCUT2D eigenvalue weighted by Gasteiger charge is 2.07. The lowest BCUT2D eigenvalue weighted by Crippen LogP contribution is -2.19. The molecule has 0 bridgehead atoms. The fourth-order valence-electron chi connectivity index (χ4n) is 2.74. The fraction of sp³-hybridized carbons (Fsp3) is 0.167. The molecule has 0 fully saturated rings. The molecule has 0 heterocycles. The van der Waals surface area contributed by atoms with Gasteiger partial charge >= 0.3 is 0 Å². The van der Waals surface area contributed by atoms with Gasteiger partial charge in [-0.2, -0.15) is 5.10 Å². The van der Waals surface area contributed by atoms with E-state index in [0.717, 1.165) is 16.7 Å². The molecule has 0 unspecified atom stereocenters. The number of nitrogens with zero attached hydrogens (tertiary/aromatic N) is 1. The van der Waals surface area contributed by atoms with Crippen LogP contribution in [0.4, 0.5) is 0 Å². The van der Waals surface area contributed by atoms with Crippen LogP contribution in [0, 0.1) is 0 Å². The van der Waals surface area contributed by atoms with Gasteiger partial charge in [0.25, 0.3) is 0 Å². The number of benzene rings is 3. The third kappa shape index (κ3) is 7.31. The highest BCUT2D eigenvalue weighted by atomic mass is 35.5. The second kappa shape index (κ2) is 11.4. The van der Waals surface area contributed by atoms with Gasteiger partial charge in [-0.15, -0.1) is 0 Å². The van der Waals surface area contributed by atoms with Gasteiger partial charge in [0.1, 0.15) is 6.61 Å². The number of carbonyl (C=O) groups excluding carboxylic acids is 1. The van der Waals surface area contributed by atoms with Crippen molar-refractivity contribution in [3.63, 3.8) is 0 Å². The molecule has 0 aliphatic carbocycles. The summed E-state index contributed by atoms with van der Waals surface area (Å²) in [5.74, 6) is 1.01. The molecule has 0 aliphatic heterocycles. The Balaban J connectivity index is 1.59. The van der Waals surface area contributed by atoms with Crippen LogP contribution in [-0.4, -0.2) is 18.7 Å². The summed E-state index contributed by atoms with van der Waals surface area (Å²) in [5, 5.41) is 5.34. The van der Waals surface area contributed by atoms with Gasteiger partial charge in [-0.25, -0.2) is 5.43 Å². The van der Waals surface area contributed by atoms with Gasteiger partial charge in [0.15, 0.2) is 11.5 Å². The van der Waals surface area contributed by atoms with Crippen molar-refractivity contribution in [1.82, 2.24) is 5.43 Å². The molecule has 0 spiro atoms. The molecule has 0 saturated carbocycles. The number of hydrazone groups is 1. The molecule has 0 aromatic heterocycles. The summed E-state index contributed by atoms with van der Waals surface area (Å²) >= 11 is 11.8. The minimum atomic E-state index is -0.216. The van der Waals surface area contributed by atoms with E-state index >= 15 is 0 Å². The van der Waals surface area contributed by atoms with Crippen LogP contribution < -0.4 is 14.9 Å². The van der Waals surface area contributed by atoms with Gasteiger partial charge in [-0.1, -0.05) is 47.5 Å². The van der Waals surface area contributed by atoms with Gasteiger partial charge < -0.3 is 9.47 Å². The summed E-state index contributed by atoms with van der Waals surface area (Å²) < 4.78 is 11.6. The molecule has 3 rings (SSSR count). The molecule has 31 heavy (non-hydrogen) atoms. The van der Waals surface area contributed by atoms with Crippen molar-refractivity contribution in [2.75, 3.05) is 6.61 Å². The maximum atomic E-state index is 12.0. The van der Waals surface area contributed by atoms with Crippen LogP contribution in [0.3, 0.4) is 0 Å². The first kappa shape index (κ1) is 22.7. The number of ether oxygens (including phenoxy) is 2. The maximum absolute atomic E-state index is 12.0. The van der Waals surface area contributed by atoms with Crippen molar-refractivity contribution in [1.29, 1.82) is 0 Å². The molecule has 0 radical (unpaired) electrons. The Kier molecular flexibility index (Phi) is 8.33. The first-order chi connectivity index (χ1) is 15.0. The number of rotatable bonds is 9. The maximum Gasteiger partial charge on any atom is 0.244 e. The number of nitrogens with one attached hydrogen (secondary N) is 1. The number of carbonyl (C=O) groups is 1. The minimum Gasteiger partial charge on any atom is -0.490 e. The van der Waals surface area contributed by atoms with Gasteiger partial charge in [-0.05, 0) is 66.1 Å².